The van der Waals surface area contributed by atoms with Crippen LogP contribution in [-0.2, 0) is 19.4 Å². The first-order valence-corrected chi connectivity index (χ1v) is 6.69. The molecular weight excluding hydrogens is 279 g/mol. The molecule has 1 N–H and O–H groups in total. The lowest BCUT2D eigenvalue weighted by Crippen LogP contribution is -2.47. The van der Waals surface area contributed by atoms with Gasteiger partial charge in [0.1, 0.15) is 6.04 Å². The highest BCUT2D eigenvalue weighted by atomic mass is 32.2. The van der Waals surface area contributed by atoms with E-state index in [0.717, 1.165) is 6.26 Å². The van der Waals surface area contributed by atoms with Crippen LogP contribution in [0, 0.1) is 0 Å². The van der Waals surface area contributed by atoms with Crippen LogP contribution in [0.15, 0.2) is 0 Å². The Balaban J connectivity index is 3.04. The van der Waals surface area contributed by atoms with E-state index in [1.807, 2.05) is 0 Å². The van der Waals surface area contributed by atoms with Crippen LogP contribution in [-0.4, -0.2) is 60.6 Å². The molecule has 1 fully saturated rings. The summed E-state index contributed by atoms with van der Waals surface area (Å²) in [6.07, 6.45) is -4.96. The highest BCUT2D eigenvalue weighted by molar-refractivity contribution is 7.91. The normalized spacial score (nSPS) is 25.2. The standard InChI is InChI=1S/C8H10F3NO5S/c1-18(16,17)4-2-5(6(13)14)12(3-4)7(15)8(9,10)11/h4-5H,2-3H2,1H3,(H,13,14)/t4-,5+/m0/s1. The molecular formula is C8H10F3NO5S. The molecule has 0 spiro atoms. The van der Waals surface area contributed by atoms with Gasteiger partial charge in [0.25, 0.3) is 0 Å². The molecule has 0 radical (unpaired) electrons. The lowest BCUT2D eigenvalue weighted by atomic mass is 10.2. The fourth-order valence-corrected chi connectivity index (χ4v) is 2.69. The molecule has 1 amide bonds. The van der Waals surface area contributed by atoms with Crippen LogP contribution in [0.2, 0.25) is 0 Å². The van der Waals surface area contributed by atoms with Gasteiger partial charge >= 0.3 is 18.1 Å². The van der Waals surface area contributed by atoms with Crippen LogP contribution < -0.4 is 0 Å². The van der Waals surface area contributed by atoms with E-state index >= 15 is 0 Å². The molecule has 1 aliphatic heterocycles. The van der Waals surface area contributed by atoms with E-state index in [0.29, 0.717) is 0 Å². The molecule has 0 aliphatic carbocycles. The minimum Gasteiger partial charge on any atom is -0.480 e. The van der Waals surface area contributed by atoms with Crippen LogP contribution in [0.25, 0.3) is 0 Å². The third kappa shape index (κ3) is 2.92. The highest BCUT2D eigenvalue weighted by Gasteiger charge is 2.51. The first kappa shape index (κ1) is 14.7. The molecule has 0 bridgehead atoms. The van der Waals surface area contributed by atoms with Crippen LogP contribution in [0.3, 0.4) is 0 Å². The molecule has 2 atom stereocenters. The average Bonchev–Trinajstić information content (AvgIpc) is 2.58. The van der Waals surface area contributed by atoms with Gasteiger partial charge in [0.15, 0.2) is 9.84 Å². The summed E-state index contributed by atoms with van der Waals surface area (Å²) >= 11 is 0. The van der Waals surface area contributed by atoms with Crippen molar-refractivity contribution in [1.29, 1.82) is 0 Å². The molecule has 104 valence electrons. The van der Waals surface area contributed by atoms with Gasteiger partial charge in [-0.15, -0.1) is 0 Å². The fourth-order valence-electron chi connectivity index (χ4n) is 1.73. The SMILES string of the molecule is CS(=O)(=O)[C@H]1C[C@H](C(=O)O)N(C(=O)C(F)(F)F)C1. The van der Waals surface area contributed by atoms with Crippen molar-refractivity contribution in [1.82, 2.24) is 4.90 Å². The molecule has 0 aromatic heterocycles. The van der Waals surface area contributed by atoms with Crippen molar-refractivity contribution in [3.8, 4) is 0 Å². The Morgan fingerprint density at radius 2 is 1.83 bits per heavy atom. The first-order chi connectivity index (χ1) is 7.94. The largest absolute Gasteiger partial charge is 0.480 e. The summed E-state index contributed by atoms with van der Waals surface area (Å²) in [5.74, 6) is -3.99. The minimum absolute atomic E-state index is 0.0497. The molecule has 1 heterocycles. The van der Waals surface area contributed by atoms with Crippen LogP contribution >= 0.6 is 0 Å². The predicted molar refractivity (Wildman–Crippen MR) is 52.4 cm³/mol. The van der Waals surface area contributed by atoms with E-state index in [-0.39, 0.29) is 4.90 Å². The second-order valence-corrected chi connectivity index (χ2v) is 6.32. The number of carboxylic acids is 1. The maximum Gasteiger partial charge on any atom is 0.471 e. The third-order valence-corrected chi connectivity index (χ3v) is 4.21. The zero-order valence-electron chi connectivity index (χ0n) is 9.14. The second-order valence-electron chi connectivity index (χ2n) is 4.00. The molecule has 6 nitrogen and oxygen atoms in total. The first-order valence-electron chi connectivity index (χ1n) is 4.74. The van der Waals surface area contributed by atoms with Crippen molar-refractivity contribution >= 4 is 21.7 Å². The predicted octanol–water partition coefficient (Wildman–Crippen LogP) is -0.353. The van der Waals surface area contributed by atoms with E-state index in [4.69, 9.17) is 5.11 Å². The van der Waals surface area contributed by atoms with Crippen LogP contribution in [0.4, 0.5) is 13.2 Å². The van der Waals surface area contributed by atoms with Crippen molar-refractivity contribution < 1.29 is 36.3 Å². The van der Waals surface area contributed by atoms with Crippen molar-refractivity contribution in [2.75, 3.05) is 12.8 Å². The van der Waals surface area contributed by atoms with Gasteiger partial charge in [-0.2, -0.15) is 13.2 Å². The number of hydrogen-bond donors (Lipinski definition) is 1. The number of alkyl halides is 3. The number of carboxylic acid groups (broad SMARTS) is 1. The number of likely N-dealkylation sites (tertiary alicyclic amines) is 1. The van der Waals surface area contributed by atoms with Gasteiger partial charge in [-0.05, 0) is 6.42 Å². The topological polar surface area (TPSA) is 91.8 Å². The summed E-state index contributed by atoms with van der Waals surface area (Å²) in [6, 6.07) is -1.76. The number of sulfone groups is 1. The molecule has 0 saturated carbocycles. The van der Waals surface area contributed by atoms with Gasteiger partial charge in [0.2, 0.25) is 0 Å². The van der Waals surface area contributed by atoms with Gasteiger partial charge in [-0.3, -0.25) is 4.79 Å². The zero-order valence-corrected chi connectivity index (χ0v) is 9.95. The Bertz CT molecular complexity index is 472. The second kappa shape index (κ2) is 4.41. The van der Waals surface area contributed by atoms with Gasteiger partial charge < -0.3 is 10.0 Å². The lowest BCUT2D eigenvalue weighted by Gasteiger charge is -2.22. The van der Waals surface area contributed by atoms with E-state index in [1.54, 1.807) is 0 Å². The van der Waals surface area contributed by atoms with E-state index in [2.05, 4.69) is 0 Å². The molecule has 0 aromatic rings. The number of carbonyl (C=O) groups is 2. The molecule has 1 saturated heterocycles. The Hall–Kier alpha value is -1.32. The summed E-state index contributed by atoms with van der Waals surface area (Å²) in [7, 11) is -3.71. The lowest BCUT2D eigenvalue weighted by molar-refractivity contribution is -0.187. The summed E-state index contributed by atoms with van der Waals surface area (Å²) in [6.45, 7) is -0.756. The molecule has 0 unspecified atom stereocenters. The van der Waals surface area contributed by atoms with E-state index < -0.39 is 52.1 Å². The monoisotopic (exact) mass is 289 g/mol. The van der Waals surface area contributed by atoms with Crippen molar-refractivity contribution in [3.63, 3.8) is 0 Å². The molecule has 1 rings (SSSR count). The van der Waals surface area contributed by atoms with Crippen molar-refractivity contribution in [2.24, 2.45) is 0 Å². The maximum absolute atomic E-state index is 12.2. The number of nitrogens with zero attached hydrogens (tertiary/aromatic N) is 1. The Morgan fingerprint density at radius 1 is 1.33 bits per heavy atom. The molecule has 10 heteroatoms. The number of rotatable bonds is 2. The smallest absolute Gasteiger partial charge is 0.471 e. The molecule has 18 heavy (non-hydrogen) atoms. The van der Waals surface area contributed by atoms with Gasteiger partial charge in [-0.25, -0.2) is 13.2 Å². The zero-order chi connectivity index (χ0) is 14.3. The maximum atomic E-state index is 12.2. The molecule has 0 aromatic carbocycles. The van der Waals surface area contributed by atoms with Gasteiger partial charge in [-0.1, -0.05) is 0 Å². The van der Waals surface area contributed by atoms with Crippen LogP contribution in [0.5, 0.6) is 0 Å². The Labute approximate surface area is 100 Å². The number of hydrogen-bond acceptors (Lipinski definition) is 4. The van der Waals surface area contributed by atoms with Crippen LogP contribution in [0.1, 0.15) is 6.42 Å². The number of amides is 1. The average molecular weight is 289 g/mol. The van der Waals surface area contributed by atoms with E-state index in [1.165, 1.54) is 0 Å². The Morgan fingerprint density at radius 3 is 2.17 bits per heavy atom. The van der Waals surface area contributed by atoms with Gasteiger partial charge in [0, 0.05) is 12.8 Å². The summed E-state index contributed by atoms with van der Waals surface area (Å²) < 4.78 is 59.1. The quantitative estimate of drug-likeness (QED) is 0.750. The van der Waals surface area contributed by atoms with Crippen molar-refractivity contribution in [2.45, 2.75) is 23.9 Å². The van der Waals surface area contributed by atoms with Crippen molar-refractivity contribution in [3.05, 3.63) is 0 Å². The third-order valence-electron chi connectivity index (χ3n) is 2.66. The summed E-state index contributed by atoms with van der Waals surface area (Å²) in [5, 5.41) is 7.44. The van der Waals surface area contributed by atoms with Gasteiger partial charge in [0.05, 0.1) is 5.25 Å². The summed E-state index contributed by atoms with van der Waals surface area (Å²) in [5.41, 5.74) is 0. The number of aliphatic carboxylic acids is 1. The number of halogens is 3. The summed E-state index contributed by atoms with van der Waals surface area (Å²) in [4.78, 5) is 21.8. The highest BCUT2D eigenvalue weighted by Crippen LogP contribution is 2.28. The van der Waals surface area contributed by atoms with E-state index in [9.17, 15) is 31.2 Å². The minimum atomic E-state index is -5.22. The molecule has 1 aliphatic rings. The Kier molecular flexibility index (Phi) is 3.61. The fraction of sp³-hybridized carbons (Fsp3) is 0.750. The number of carbonyl (C=O) groups excluding carboxylic acids is 1.